The molecule has 2 aromatic rings. The average molecular weight is 273 g/mol. The Hall–Kier alpha value is -1.88. The minimum Gasteiger partial charge on any atom is -0.493 e. The van der Waals surface area contributed by atoms with Crippen molar-refractivity contribution >= 4 is 0 Å². The molecule has 0 bridgehead atoms. The number of nitrogens with zero attached hydrogens (tertiary/aromatic N) is 2. The number of fused-ring (bicyclic) bond motifs is 1. The number of hydrogen-bond donors (Lipinski definition) is 1. The molecular formula is C15H19N3O2. The molecule has 0 fully saturated rings. The monoisotopic (exact) mass is 273 g/mol. The average Bonchev–Trinajstić information content (AvgIpc) is 2.96. The third-order valence-electron chi connectivity index (χ3n) is 3.44. The van der Waals surface area contributed by atoms with E-state index in [2.05, 4.69) is 28.5 Å². The van der Waals surface area contributed by atoms with Crippen molar-refractivity contribution in [1.29, 1.82) is 0 Å². The summed E-state index contributed by atoms with van der Waals surface area (Å²) in [6.45, 7) is 4.40. The summed E-state index contributed by atoms with van der Waals surface area (Å²) >= 11 is 0. The van der Waals surface area contributed by atoms with Gasteiger partial charge >= 0.3 is 0 Å². The molecule has 1 aromatic heterocycles. The number of ether oxygens (including phenoxy) is 1. The molecule has 3 rings (SSSR count). The molecule has 2 heterocycles. The van der Waals surface area contributed by atoms with Gasteiger partial charge in [0.1, 0.15) is 5.75 Å². The number of rotatable bonds is 5. The molecule has 1 aliphatic heterocycles. The fourth-order valence-electron chi connectivity index (χ4n) is 2.45. The van der Waals surface area contributed by atoms with Crippen molar-refractivity contribution in [2.45, 2.75) is 32.2 Å². The van der Waals surface area contributed by atoms with E-state index in [1.54, 1.807) is 0 Å². The standard InChI is InChI=1S/C15H19N3O2/c1-2-8-16-10-14-17-18-15(20-14)12-7-9-19-13-6-4-3-5-11(12)13/h3-6,12,16H,2,7-10H2,1H3. The Morgan fingerprint density at radius 2 is 2.20 bits per heavy atom. The van der Waals surface area contributed by atoms with Gasteiger partial charge in [0, 0.05) is 5.56 Å². The summed E-state index contributed by atoms with van der Waals surface area (Å²) in [6, 6.07) is 8.05. The third-order valence-corrected chi connectivity index (χ3v) is 3.44. The van der Waals surface area contributed by atoms with Crippen molar-refractivity contribution < 1.29 is 9.15 Å². The van der Waals surface area contributed by atoms with Gasteiger partial charge in [0.05, 0.1) is 19.1 Å². The second-order valence-corrected chi connectivity index (χ2v) is 4.94. The van der Waals surface area contributed by atoms with Crippen molar-refractivity contribution in [3.63, 3.8) is 0 Å². The van der Waals surface area contributed by atoms with Crippen molar-refractivity contribution in [3.8, 4) is 5.75 Å². The fourth-order valence-corrected chi connectivity index (χ4v) is 2.45. The topological polar surface area (TPSA) is 60.2 Å². The first kappa shape index (κ1) is 13.1. The van der Waals surface area contributed by atoms with Crippen LogP contribution in [0.3, 0.4) is 0 Å². The minimum absolute atomic E-state index is 0.146. The Labute approximate surface area is 118 Å². The van der Waals surface area contributed by atoms with Gasteiger partial charge in [-0.1, -0.05) is 25.1 Å². The molecule has 1 aliphatic rings. The Morgan fingerprint density at radius 3 is 3.10 bits per heavy atom. The van der Waals surface area contributed by atoms with Crippen molar-refractivity contribution in [3.05, 3.63) is 41.6 Å². The molecule has 0 radical (unpaired) electrons. The molecule has 0 spiro atoms. The molecule has 0 amide bonds. The molecule has 0 saturated carbocycles. The Kier molecular flexibility index (Phi) is 3.97. The maximum Gasteiger partial charge on any atom is 0.230 e. The van der Waals surface area contributed by atoms with Crippen molar-refractivity contribution in [2.75, 3.05) is 13.2 Å². The zero-order valence-electron chi connectivity index (χ0n) is 11.6. The van der Waals surface area contributed by atoms with E-state index in [4.69, 9.17) is 9.15 Å². The molecule has 5 nitrogen and oxygen atoms in total. The van der Waals surface area contributed by atoms with E-state index in [9.17, 15) is 0 Å². The molecule has 20 heavy (non-hydrogen) atoms. The first-order chi connectivity index (χ1) is 9.88. The van der Waals surface area contributed by atoms with E-state index in [1.807, 2.05) is 18.2 Å². The third kappa shape index (κ3) is 2.67. The van der Waals surface area contributed by atoms with Crippen LogP contribution in [-0.2, 0) is 6.54 Å². The smallest absolute Gasteiger partial charge is 0.230 e. The molecule has 1 aromatic carbocycles. The van der Waals surface area contributed by atoms with E-state index in [0.717, 1.165) is 30.7 Å². The van der Waals surface area contributed by atoms with Crippen LogP contribution in [-0.4, -0.2) is 23.3 Å². The predicted octanol–water partition coefficient (Wildman–Crippen LogP) is 2.48. The van der Waals surface area contributed by atoms with Crippen LogP contribution in [0.1, 0.15) is 43.0 Å². The number of nitrogens with one attached hydrogen (secondary N) is 1. The Bertz CT molecular complexity index is 568. The molecule has 0 saturated heterocycles. The summed E-state index contributed by atoms with van der Waals surface area (Å²) < 4.78 is 11.4. The van der Waals surface area contributed by atoms with Crippen LogP contribution >= 0.6 is 0 Å². The quantitative estimate of drug-likeness (QED) is 0.848. The molecule has 1 unspecified atom stereocenters. The highest BCUT2D eigenvalue weighted by atomic mass is 16.5. The van der Waals surface area contributed by atoms with Gasteiger partial charge in [-0.25, -0.2) is 0 Å². The number of para-hydroxylation sites is 1. The lowest BCUT2D eigenvalue weighted by Gasteiger charge is -2.23. The largest absolute Gasteiger partial charge is 0.493 e. The second kappa shape index (κ2) is 6.05. The predicted molar refractivity (Wildman–Crippen MR) is 74.7 cm³/mol. The van der Waals surface area contributed by atoms with Gasteiger partial charge in [-0.3, -0.25) is 0 Å². The number of hydrogen-bond acceptors (Lipinski definition) is 5. The maximum atomic E-state index is 5.79. The van der Waals surface area contributed by atoms with Gasteiger partial charge in [0.15, 0.2) is 0 Å². The van der Waals surface area contributed by atoms with Gasteiger partial charge < -0.3 is 14.5 Å². The zero-order chi connectivity index (χ0) is 13.8. The van der Waals surface area contributed by atoms with E-state index in [0.29, 0.717) is 24.9 Å². The van der Waals surface area contributed by atoms with E-state index in [1.165, 1.54) is 0 Å². The lowest BCUT2D eigenvalue weighted by molar-refractivity contribution is 0.263. The van der Waals surface area contributed by atoms with Crippen LogP contribution in [0.15, 0.2) is 28.7 Å². The Morgan fingerprint density at radius 1 is 1.30 bits per heavy atom. The lowest BCUT2D eigenvalue weighted by Crippen LogP contribution is -2.15. The van der Waals surface area contributed by atoms with Gasteiger partial charge in [0.2, 0.25) is 11.8 Å². The second-order valence-electron chi connectivity index (χ2n) is 4.94. The normalized spacial score (nSPS) is 17.6. The van der Waals surface area contributed by atoms with Gasteiger partial charge in [-0.15, -0.1) is 10.2 Å². The molecule has 1 atom stereocenters. The SMILES string of the molecule is CCCNCc1nnc(C2CCOc3ccccc32)o1. The summed E-state index contributed by atoms with van der Waals surface area (Å²) in [6.07, 6.45) is 1.97. The van der Waals surface area contributed by atoms with Crippen LogP contribution in [0.4, 0.5) is 0 Å². The van der Waals surface area contributed by atoms with Gasteiger partial charge in [0.25, 0.3) is 0 Å². The van der Waals surface area contributed by atoms with Crippen molar-refractivity contribution in [2.24, 2.45) is 0 Å². The van der Waals surface area contributed by atoms with Crippen LogP contribution < -0.4 is 10.1 Å². The maximum absolute atomic E-state index is 5.79. The summed E-state index contributed by atoms with van der Waals surface area (Å²) in [4.78, 5) is 0. The molecule has 1 N–H and O–H groups in total. The molecule has 0 aliphatic carbocycles. The Balaban J connectivity index is 1.77. The fraction of sp³-hybridized carbons (Fsp3) is 0.467. The lowest BCUT2D eigenvalue weighted by atomic mass is 9.93. The van der Waals surface area contributed by atoms with Gasteiger partial charge in [-0.05, 0) is 25.5 Å². The summed E-state index contributed by atoms with van der Waals surface area (Å²) in [5.74, 6) is 2.41. The van der Waals surface area contributed by atoms with E-state index in [-0.39, 0.29) is 5.92 Å². The highest BCUT2D eigenvalue weighted by molar-refractivity contribution is 5.40. The van der Waals surface area contributed by atoms with E-state index < -0.39 is 0 Å². The first-order valence-corrected chi connectivity index (χ1v) is 7.13. The van der Waals surface area contributed by atoms with Crippen LogP contribution in [0.2, 0.25) is 0 Å². The summed E-state index contributed by atoms with van der Waals surface area (Å²) in [5.41, 5.74) is 1.13. The van der Waals surface area contributed by atoms with Crippen LogP contribution in [0.5, 0.6) is 5.75 Å². The summed E-state index contributed by atoms with van der Waals surface area (Å²) in [7, 11) is 0. The van der Waals surface area contributed by atoms with Crippen LogP contribution in [0, 0.1) is 0 Å². The molecule has 5 heteroatoms. The molecule has 106 valence electrons. The van der Waals surface area contributed by atoms with Crippen molar-refractivity contribution in [1.82, 2.24) is 15.5 Å². The highest BCUT2D eigenvalue weighted by Crippen LogP contribution is 2.37. The number of benzene rings is 1. The zero-order valence-corrected chi connectivity index (χ0v) is 11.6. The van der Waals surface area contributed by atoms with Crippen LogP contribution in [0.25, 0.3) is 0 Å². The van der Waals surface area contributed by atoms with E-state index >= 15 is 0 Å². The summed E-state index contributed by atoms with van der Waals surface area (Å²) in [5, 5.41) is 11.6. The molecular weight excluding hydrogens is 254 g/mol. The highest BCUT2D eigenvalue weighted by Gasteiger charge is 2.27. The first-order valence-electron chi connectivity index (χ1n) is 7.13. The van der Waals surface area contributed by atoms with Gasteiger partial charge in [-0.2, -0.15) is 0 Å². The number of aromatic nitrogens is 2. The minimum atomic E-state index is 0.146.